The lowest BCUT2D eigenvalue weighted by atomic mass is 10.0. The van der Waals surface area contributed by atoms with Crippen molar-refractivity contribution in [2.45, 2.75) is 31.7 Å². The molecule has 112 valence electrons. The van der Waals surface area contributed by atoms with E-state index in [2.05, 4.69) is 32.3 Å². The van der Waals surface area contributed by atoms with Crippen molar-refractivity contribution < 1.29 is 4.52 Å². The van der Waals surface area contributed by atoms with E-state index in [9.17, 15) is 0 Å². The van der Waals surface area contributed by atoms with Crippen LogP contribution < -0.4 is 5.32 Å². The van der Waals surface area contributed by atoms with Gasteiger partial charge < -0.3 is 19.6 Å². The Bertz CT molecular complexity index is 407. The molecule has 3 rings (SSSR count). The first-order chi connectivity index (χ1) is 9.81. The lowest BCUT2D eigenvalue weighted by Crippen LogP contribution is -2.45. The molecule has 0 aromatic carbocycles. The van der Waals surface area contributed by atoms with Crippen LogP contribution >= 0.6 is 0 Å². The molecule has 2 aliphatic rings. The summed E-state index contributed by atoms with van der Waals surface area (Å²) in [4.78, 5) is 9.40. The fraction of sp³-hybridized carbons (Fsp3) is 0.857. The molecule has 6 nitrogen and oxygen atoms in total. The maximum Gasteiger partial charge on any atom is 0.227 e. The molecule has 2 saturated heterocycles. The summed E-state index contributed by atoms with van der Waals surface area (Å²) in [5.41, 5.74) is 0. The molecule has 0 radical (unpaired) electrons. The van der Waals surface area contributed by atoms with Crippen molar-refractivity contribution in [3.8, 4) is 0 Å². The van der Waals surface area contributed by atoms with Gasteiger partial charge in [-0.25, -0.2) is 0 Å². The number of piperazine rings is 1. The van der Waals surface area contributed by atoms with E-state index < -0.39 is 0 Å². The highest BCUT2D eigenvalue weighted by atomic mass is 16.5. The van der Waals surface area contributed by atoms with Crippen molar-refractivity contribution in [2.24, 2.45) is 0 Å². The second kappa shape index (κ2) is 6.65. The SMILES string of the molecule is CN1CCN(CCc2nc(C3CCCCN3)no2)CC1. The number of rotatable bonds is 4. The van der Waals surface area contributed by atoms with Gasteiger partial charge in [0.15, 0.2) is 5.82 Å². The zero-order valence-electron chi connectivity index (χ0n) is 12.3. The molecular weight excluding hydrogens is 254 g/mol. The van der Waals surface area contributed by atoms with Crippen LogP contribution in [-0.4, -0.2) is 66.3 Å². The van der Waals surface area contributed by atoms with Crippen molar-refractivity contribution in [1.82, 2.24) is 25.3 Å². The van der Waals surface area contributed by atoms with E-state index in [0.29, 0.717) is 6.04 Å². The summed E-state index contributed by atoms with van der Waals surface area (Å²) in [6.45, 7) is 6.68. The smallest absolute Gasteiger partial charge is 0.227 e. The summed E-state index contributed by atoms with van der Waals surface area (Å²) < 4.78 is 5.39. The summed E-state index contributed by atoms with van der Waals surface area (Å²) in [5, 5.41) is 7.60. The molecule has 0 saturated carbocycles. The zero-order chi connectivity index (χ0) is 13.8. The molecule has 2 fully saturated rings. The Morgan fingerprint density at radius 2 is 2.10 bits per heavy atom. The largest absolute Gasteiger partial charge is 0.339 e. The Labute approximate surface area is 120 Å². The maximum atomic E-state index is 5.39. The molecule has 6 heteroatoms. The Morgan fingerprint density at radius 3 is 2.85 bits per heavy atom. The van der Waals surface area contributed by atoms with Crippen molar-refractivity contribution in [1.29, 1.82) is 0 Å². The van der Waals surface area contributed by atoms with Gasteiger partial charge in [-0.1, -0.05) is 11.6 Å². The Balaban J connectivity index is 1.47. The van der Waals surface area contributed by atoms with E-state index in [1.807, 2.05) is 0 Å². The zero-order valence-corrected chi connectivity index (χ0v) is 12.3. The molecule has 20 heavy (non-hydrogen) atoms. The average Bonchev–Trinajstić information content (AvgIpc) is 2.97. The van der Waals surface area contributed by atoms with Crippen LogP contribution in [0.3, 0.4) is 0 Å². The van der Waals surface area contributed by atoms with Gasteiger partial charge >= 0.3 is 0 Å². The van der Waals surface area contributed by atoms with Crippen molar-refractivity contribution in [3.63, 3.8) is 0 Å². The number of hydrogen-bond acceptors (Lipinski definition) is 6. The fourth-order valence-corrected chi connectivity index (χ4v) is 2.91. The number of nitrogens with zero attached hydrogens (tertiary/aromatic N) is 4. The minimum absolute atomic E-state index is 0.296. The fourth-order valence-electron chi connectivity index (χ4n) is 2.91. The Morgan fingerprint density at radius 1 is 1.25 bits per heavy atom. The van der Waals surface area contributed by atoms with Gasteiger partial charge in [0.1, 0.15) is 0 Å². The van der Waals surface area contributed by atoms with E-state index in [1.54, 1.807) is 0 Å². The van der Waals surface area contributed by atoms with Crippen LogP contribution in [0.2, 0.25) is 0 Å². The molecule has 1 aromatic heterocycles. The molecule has 1 atom stereocenters. The van der Waals surface area contributed by atoms with Crippen molar-refractivity contribution in [2.75, 3.05) is 46.3 Å². The van der Waals surface area contributed by atoms with Crippen LogP contribution in [0, 0.1) is 0 Å². The summed E-state index contributed by atoms with van der Waals surface area (Å²) >= 11 is 0. The number of piperidine rings is 1. The molecular formula is C14H25N5O. The normalized spacial score (nSPS) is 25.9. The molecule has 1 N–H and O–H groups in total. The van der Waals surface area contributed by atoms with Gasteiger partial charge in [-0.3, -0.25) is 0 Å². The molecule has 0 spiro atoms. The van der Waals surface area contributed by atoms with Crippen LogP contribution in [0.5, 0.6) is 0 Å². The first-order valence-corrected chi connectivity index (χ1v) is 7.78. The summed E-state index contributed by atoms with van der Waals surface area (Å²) in [7, 11) is 2.18. The van der Waals surface area contributed by atoms with Crippen LogP contribution in [0.1, 0.15) is 37.0 Å². The molecule has 3 heterocycles. The highest BCUT2D eigenvalue weighted by Crippen LogP contribution is 2.20. The van der Waals surface area contributed by atoms with Gasteiger partial charge in [0.25, 0.3) is 0 Å². The topological polar surface area (TPSA) is 57.4 Å². The number of hydrogen-bond donors (Lipinski definition) is 1. The summed E-state index contributed by atoms with van der Waals surface area (Å²) in [6.07, 6.45) is 4.49. The molecule has 2 aliphatic heterocycles. The van der Waals surface area contributed by atoms with E-state index in [1.165, 1.54) is 12.8 Å². The monoisotopic (exact) mass is 279 g/mol. The summed E-state index contributed by atoms with van der Waals surface area (Å²) in [6, 6.07) is 0.296. The number of aromatic nitrogens is 2. The third kappa shape index (κ3) is 3.56. The first-order valence-electron chi connectivity index (χ1n) is 7.78. The van der Waals surface area contributed by atoms with Gasteiger partial charge in [-0.2, -0.15) is 4.98 Å². The highest BCUT2D eigenvalue weighted by Gasteiger charge is 2.21. The van der Waals surface area contributed by atoms with Gasteiger partial charge in [-0.05, 0) is 26.4 Å². The lowest BCUT2D eigenvalue weighted by Gasteiger charge is -2.31. The molecule has 0 amide bonds. The minimum Gasteiger partial charge on any atom is -0.339 e. The number of nitrogens with one attached hydrogen (secondary N) is 1. The first kappa shape index (κ1) is 14.0. The standard InChI is InChI=1S/C14H25N5O/c1-18-8-10-19(11-9-18)7-5-13-16-14(17-20-13)12-4-2-3-6-15-12/h12,15H,2-11H2,1H3. The third-order valence-corrected chi connectivity index (χ3v) is 4.34. The van der Waals surface area contributed by atoms with E-state index >= 15 is 0 Å². The van der Waals surface area contributed by atoms with Gasteiger partial charge in [0.05, 0.1) is 6.04 Å². The maximum absolute atomic E-state index is 5.39. The van der Waals surface area contributed by atoms with Crippen LogP contribution in [0.4, 0.5) is 0 Å². The van der Waals surface area contributed by atoms with E-state index in [0.717, 1.165) is 63.8 Å². The third-order valence-electron chi connectivity index (χ3n) is 4.34. The Kier molecular flexibility index (Phi) is 4.65. The molecule has 0 aliphatic carbocycles. The summed E-state index contributed by atoms with van der Waals surface area (Å²) in [5.74, 6) is 1.63. The van der Waals surface area contributed by atoms with Crippen LogP contribution in [0.25, 0.3) is 0 Å². The predicted octanol–water partition coefficient (Wildman–Crippen LogP) is 0.674. The average molecular weight is 279 g/mol. The Hall–Kier alpha value is -0.980. The van der Waals surface area contributed by atoms with Gasteiger partial charge in [0, 0.05) is 39.1 Å². The van der Waals surface area contributed by atoms with Crippen molar-refractivity contribution >= 4 is 0 Å². The molecule has 1 aromatic rings. The predicted molar refractivity (Wildman–Crippen MR) is 76.5 cm³/mol. The minimum atomic E-state index is 0.296. The van der Waals surface area contributed by atoms with Crippen LogP contribution in [-0.2, 0) is 6.42 Å². The second-order valence-corrected chi connectivity index (χ2v) is 5.94. The quantitative estimate of drug-likeness (QED) is 0.874. The second-order valence-electron chi connectivity index (χ2n) is 5.94. The van der Waals surface area contributed by atoms with Crippen LogP contribution in [0.15, 0.2) is 4.52 Å². The highest BCUT2D eigenvalue weighted by molar-refractivity contribution is 4.96. The van der Waals surface area contributed by atoms with E-state index in [-0.39, 0.29) is 0 Å². The molecule has 0 bridgehead atoms. The van der Waals surface area contributed by atoms with Crippen molar-refractivity contribution in [3.05, 3.63) is 11.7 Å². The lowest BCUT2D eigenvalue weighted by molar-refractivity contribution is 0.152. The molecule has 1 unspecified atom stereocenters. The van der Waals surface area contributed by atoms with Gasteiger partial charge in [-0.15, -0.1) is 0 Å². The van der Waals surface area contributed by atoms with E-state index in [4.69, 9.17) is 4.52 Å². The van der Waals surface area contributed by atoms with Gasteiger partial charge in [0.2, 0.25) is 5.89 Å². The number of likely N-dealkylation sites (N-methyl/N-ethyl adjacent to an activating group) is 1.